The fourth-order valence-electron chi connectivity index (χ4n) is 5.43. The Morgan fingerprint density at radius 2 is 1.93 bits per heavy atom. The average molecular weight is 410 g/mol. The lowest BCUT2D eigenvalue weighted by Crippen LogP contribution is -2.60. The summed E-state index contributed by atoms with van der Waals surface area (Å²) in [6, 6.07) is 15.2. The van der Waals surface area contributed by atoms with Crippen LogP contribution in [0.3, 0.4) is 0 Å². The molecule has 3 unspecified atom stereocenters. The van der Waals surface area contributed by atoms with Gasteiger partial charge in [-0.15, -0.1) is 0 Å². The number of amides is 1. The molecular weight excluding hydrogens is 382 g/mol. The SMILES string of the molecule is CC1Cc2cccc3c2N1C(=O)C(N1CCNCC1Cc1ccc(Cl)cc1)CC3. The van der Waals surface area contributed by atoms with Crippen LogP contribution in [0, 0.1) is 0 Å². The maximum absolute atomic E-state index is 13.8. The van der Waals surface area contributed by atoms with E-state index in [1.54, 1.807) is 0 Å². The zero-order valence-corrected chi connectivity index (χ0v) is 17.7. The van der Waals surface area contributed by atoms with Crippen LogP contribution in [-0.4, -0.2) is 48.6 Å². The summed E-state index contributed by atoms with van der Waals surface area (Å²) in [5.41, 5.74) is 5.15. The highest BCUT2D eigenvalue weighted by Crippen LogP contribution is 2.39. The smallest absolute Gasteiger partial charge is 0.244 e. The molecule has 0 radical (unpaired) electrons. The van der Waals surface area contributed by atoms with Crippen molar-refractivity contribution in [2.45, 2.75) is 50.7 Å². The second-order valence-corrected chi connectivity index (χ2v) is 9.10. The molecule has 0 bridgehead atoms. The number of nitrogens with zero attached hydrogens (tertiary/aromatic N) is 2. The molecule has 3 heterocycles. The molecule has 0 saturated carbocycles. The molecule has 0 aliphatic carbocycles. The molecule has 2 aromatic rings. The van der Waals surface area contributed by atoms with Gasteiger partial charge in [-0.25, -0.2) is 0 Å². The van der Waals surface area contributed by atoms with E-state index in [4.69, 9.17) is 11.6 Å². The largest absolute Gasteiger partial charge is 0.314 e. The van der Waals surface area contributed by atoms with Crippen molar-refractivity contribution >= 4 is 23.2 Å². The normalized spacial score (nSPS) is 27.0. The number of halogens is 1. The van der Waals surface area contributed by atoms with Gasteiger partial charge in [-0.3, -0.25) is 9.69 Å². The van der Waals surface area contributed by atoms with E-state index in [1.807, 2.05) is 12.1 Å². The molecule has 3 atom stereocenters. The van der Waals surface area contributed by atoms with Gasteiger partial charge >= 0.3 is 0 Å². The van der Waals surface area contributed by atoms with Crippen LogP contribution in [0.5, 0.6) is 0 Å². The molecule has 1 saturated heterocycles. The van der Waals surface area contributed by atoms with E-state index in [1.165, 1.54) is 22.4 Å². The van der Waals surface area contributed by atoms with Crippen LogP contribution in [0.1, 0.15) is 30.0 Å². The fraction of sp³-hybridized carbons (Fsp3) is 0.458. The number of piperazine rings is 1. The monoisotopic (exact) mass is 409 g/mol. The summed E-state index contributed by atoms with van der Waals surface area (Å²) >= 11 is 6.06. The minimum atomic E-state index is -0.0461. The minimum Gasteiger partial charge on any atom is -0.314 e. The molecule has 29 heavy (non-hydrogen) atoms. The molecule has 4 nitrogen and oxygen atoms in total. The van der Waals surface area contributed by atoms with E-state index in [2.05, 4.69) is 52.4 Å². The van der Waals surface area contributed by atoms with Gasteiger partial charge in [0, 0.05) is 36.7 Å². The van der Waals surface area contributed by atoms with Gasteiger partial charge in [0.1, 0.15) is 0 Å². The molecule has 0 aromatic heterocycles. The van der Waals surface area contributed by atoms with E-state index in [0.717, 1.165) is 50.3 Å². The van der Waals surface area contributed by atoms with Crippen LogP contribution >= 0.6 is 11.6 Å². The minimum absolute atomic E-state index is 0.0461. The van der Waals surface area contributed by atoms with Crippen molar-refractivity contribution in [3.05, 3.63) is 64.2 Å². The molecule has 152 valence electrons. The lowest BCUT2D eigenvalue weighted by molar-refractivity contribution is -0.125. The molecule has 0 spiro atoms. The second-order valence-electron chi connectivity index (χ2n) is 8.67. The van der Waals surface area contributed by atoms with Crippen LogP contribution in [-0.2, 0) is 24.1 Å². The van der Waals surface area contributed by atoms with Crippen molar-refractivity contribution < 1.29 is 4.79 Å². The summed E-state index contributed by atoms with van der Waals surface area (Å²) in [5, 5.41) is 4.30. The number of hydrogen-bond acceptors (Lipinski definition) is 3. The summed E-state index contributed by atoms with van der Waals surface area (Å²) in [5.74, 6) is 0.296. The zero-order valence-electron chi connectivity index (χ0n) is 16.9. The Morgan fingerprint density at radius 3 is 2.76 bits per heavy atom. The van der Waals surface area contributed by atoms with Crippen LogP contribution in [0.2, 0.25) is 5.02 Å². The number of aryl methyl sites for hydroxylation is 1. The standard InChI is InChI=1S/C24H28ClN3O/c1-16-13-19-4-2-3-18-7-10-22(24(29)28(16)23(18)19)27-12-11-26-15-21(27)14-17-5-8-20(25)9-6-17/h2-6,8-9,16,21-22,26H,7,10-15H2,1H3. The second kappa shape index (κ2) is 7.75. The maximum Gasteiger partial charge on any atom is 0.244 e. The quantitative estimate of drug-likeness (QED) is 0.843. The number of nitrogens with one attached hydrogen (secondary N) is 1. The van der Waals surface area contributed by atoms with Gasteiger partial charge in [0.15, 0.2) is 0 Å². The lowest BCUT2D eigenvalue weighted by atomic mass is 9.97. The van der Waals surface area contributed by atoms with E-state index < -0.39 is 0 Å². The molecule has 5 heteroatoms. The van der Waals surface area contributed by atoms with Crippen molar-refractivity contribution in [2.75, 3.05) is 24.5 Å². The Balaban J connectivity index is 1.43. The molecule has 5 rings (SSSR count). The van der Waals surface area contributed by atoms with E-state index >= 15 is 0 Å². The van der Waals surface area contributed by atoms with Crippen molar-refractivity contribution in [1.29, 1.82) is 0 Å². The fourth-order valence-corrected chi connectivity index (χ4v) is 5.56. The number of anilines is 1. The third-order valence-corrected chi connectivity index (χ3v) is 7.04. The summed E-state index contributed by atoms with van der Waals surface area (Å²) in [6.45, 7) is 4.96. The number of rotatable bonds is 3. The van der Waals surface area contributed by atoms with Gasteiger partial charge in [0.05, 0.1) is 11.7 Å². The average Bonchev–Trinajstić information content (AvgIpc) is 2.98. The molecule has 3 aliphatic rings. The molecule has 1 amide bonds. The van der Waals surface area contributed by atoms with Gasteiger partial charge in [-0.2, -0.15) is 0 Å². The molecule has 3 aliphatic heterocycles. The van der Waals surface area contributed by atoms with E-state index in [0.29, 0.717) is 11.9 Å². The molecule has 1 fully saturated rings. The van der Waals surface area contributed by atoms with E-state index in [9.17, 15) is 4.79 Å². The highest BCUT2D eigenvalue weighted by molar-refractivity contribution is 6.30. The van der Waals surface area contributed by atoms with Gasteiger partial charge in [0.2, 0.25) is 5.91 Å². The Hall–Kier alpha value is -1.88. The van der Waals surface area contributed by atoms with Crippen molar-refractivity contribution in [3.63, 3.8) is 0 Å². The third-order valence-electron chi connectivity index (χ3n) is 6.79. The van der Waals surface area contributed by atoms with Gasteiger partial charge in [-0.1, -0.05) is 41.9 Å². The number of benzene rings is 2. The lowest BCUT2D eigenvalue weighted by Gasteiger charge is -2.42. The van der Waals surface area contributed by atoms with E-state index in [-0.39, 0.29) is 12.1 Å². The molecule has 2 aromatic carbocycles. The summed E-state index contributed by atoms with van der Waals surface area (Å²) in [6.07, 6.45) is 3.77. The summed E-state index contributed by atoms with van der Waals surface area (Å²) in [4.78, 5) is 18.4. The van der Waals surface area contributed by atoms with Crippen molar-refractivity contribution in [2.24, 2.45) is 0 Å². The highest BCUT2D eigenvalue weighted by Gasteiger charge is 2.42. The van der Waals surface area contributed by atoms with Gasteiger partial charge in [0.25, 0.3) is 0 Å². The molecular formula is C24H28ClN3O. The summed E-state index contributed by atoms with van der Waals surface area (Å²) < 4.78 is 0. The van der Waals surface area contributed by atoms with Crippen LogP contribution in [0.4, 0.5) is 5.69 Å². The van der Waals surface area contributed by atoms with Gasteiger partial charge < -0.3 is 10.2 Å². The number of para-hydroxylation sites is 1. The number of carbonyl (C=O) groups excluding carboxylic acids is 1. The first-order valence-corrected chi connectivity index (χ1v) is 11.1. The Bertz CT molecular complexity index is 913. The number of carbonyl (C=O) groups is 1. The first-order chi connectivity index (χ1) is 14.1. The third kappa shape index (κ3) is 3.48. The van der Waals surface area contributed by atoms with Crippen LogP contribution < -0.4 is 10.2 Å². The molecule has 1 N–H and O–H groups in total. The Labute approximate surface area is 177 Å². The highest BCUT2D eigenvalue weighted by atomic mass is 35.5. The summed E-state index contributed by atoms with van der Waals surface area (Å²) in [7, 11) is 0. The van der Waals surface area contributed by atoms with Crippen LogP contribution in [0.15, 0.2) is 42.5 Å². The van der Waals surface area contributed by atoms with Crippen molar-refractivity contribution in [1.82, 2.24) is 10.2 Å². The Morgan fingerprint density at radius 1 is 1.14 bits per heavy atom. The maximum atomic E-state index is 13.8. The number of hydrogen-bond donors (Lipinski definition) is 1. The predicted molar refractivity (Wildman–Crippen MR) is 118 cm³/mol. The van der Waals surface area contributed by atoms with Gasteiger partial charge in [-0.05, 0) is 61.4 Å². The predicted octanol–water partition coefficient (Wildman–Crippen LogP) is 3.45. The first-order valence-electron chi connectivity index (χ1n) is 10.8. The zero-order chi connectivity index (χ0) is 20.0. The topological polar surface area (TPSA) is 35.6 Å². The Kier molecular flexibility index (Phi) is 5.10. The van der Waals surface area contributed by atoms with Crippen molar-refractivity contribution in [3.8, 4) is 0 Å². The van der Waals surface area contributed by atoms with Crippen LogP contribution in [0.25, 0.3) is 0 Å². The first kappa shape index (κ1) is 19.1.